The fraction of sp³-hybridized carbons (Fsp3) is 0.130. The molecule has 0 spiro atoms. The molecule has 4 rings (SSSR count). The Bertz CT molecular complexity index is 1520. The van der Waals surface area contributed by atoms with Gasteiger partial charge < -0.3 is 10.6 Å². The Balaban J connectivity index is 1.62. The van der Waals surface area contributed by atoms with Crippen LogP contribution in [0.3, 0.4) is 0 Å². The Kier molecular flexibility index (Phi) is 6.74. The molecule has 0 fully saturated rings. The molecule has 182 valence electrons. The highest BCUT2D eigenvalue weighted by Gasteiger charge is 2.18. The number of hydrogen-bond donors (Lipinski definition) is 3. The topological polar surface area (TPSA) is 96.0 Å². The molecule has 0 bridgehead atoms. The monoisotopic (exact) mass is 505 g/mol. The summed E-state index contributed by atoms with van der Waals surface area (Å²) in [7, 11) is -3.79. The van der Waals surface area contributed by atoms with Crippen molar-refractivity contribution in [2.75, 3.05) is 21.1 Å². The summed E-state index contributed by atoms with van der Waals surface area (Å²) in [5, 5.41) is 5.30. The van der Waals surface area contributed by atoms with Gasteiger partial charge in [-0.25, -0.2) is 31.0 Å². The van der Waals surface area contributed by atoms with Crippen LogP contribution in [0.15, 0.2) is 54.7 Å². The zero-order valence-electron chi connectivity index (χ0n) is 18.2. The van der Waals surface area contributed by atoms with Crippen LogP contribution in [0.25, 0.3) is 11.0 Å². The molecule has 0 aliphatic heterocycles. The molecule has 7 nitrogen and oxygen atoms in total. The van der Waals surface area contributed by atoms with E-state index in [1.165, 1.54) is 24.4 Å². The van der Waals surface area contributed by atoms with Crippen molar-refractivity contribution in [2.24, 2.45) is 0 Å². The van der Waals surface area contributed by atoms with E-state index in [1.54, 1.807) is 13.0 Å². The number of rotatable bonds is 8. The fourth-order valence-corrected chi connectivity index (χ4v) is 4.39. The summed E-state index contributed by atoms with van der Waals surface area (Å²) in [5.74, 6) is -3.65. The second-order valence-electron chi connectivity index (χ2n) is 7.54. The summed E-state index contributed by atoms with van der Waals surface area (Å²) in [6.45, 7) is 1.66. The molecular weight excluding hydrogens is 486 g/mol. The van der Waals surface area contributed by atoms with Crippen LogP contribution in [0.1, 0.15) is 13.3 Å². The molecule has 0 aliphatic carbocycles. The molecule has 0 saturated carbocycles. The molecule has 0 saturated heterocycles. The lowest BCUT2D eigenvalue weighted by molar-refractivity contribution is 0.586. The molecule has 0 unspecified atom stereocenters. The molecule has 3 aromatic carbocycles. The van der Waals surface area contributed by atoms with E-state index in [2.05, 4.69) is 25.3 Å². The molecule has 3 N–H and O–H groups in total. The predicted molar refractivity (Wildman–Crippen MR) is 127 cm³/mol. The van der Waals surface area contributed by atoms with E-state index >= 15 is 0 Å². The second kappa shape index (κ2) is 9.74. The van der Waals surface area contributed by atoms with Gasteiger partial charge in [0.15, 0.2) is 5.82 Å². The first-order chi connectivity index (χ1) is 16.6. The first kappa shape index (κ1) is 24.2. The number of aromatic nitrogens is 2. The Hall–Kier alpha value is -3.93. The van der Waals surface area contributed by atoms with Crippen molar-refractivity contribution >= 4 is 49.6 Å². The van der Waals surface area contributed by atoms with Gasteiger partial charge in [0.2, 0.25) is 10.0 Å². The summed E-state index contributed by atoms with van der Waals surface area (Å²) in [6, 6.07) is 9.48. The summed E-state index contributed by atoms with van der Waals surface area (Å²) in [5.41, 5.74) is 0.0299. The maximum atomic E-state index is 14.9. The number of fused-ring (bicyclic) bond motifs is 1. The molecule has 12 heteroatoms. The maximum Gasteiger partial charge on any atom is 0.232 e. The minimum Gasteiger partial charge on any atom is -0.351 e. The van der Waals surface area contributed by atoms with Gasteiger partial charge in [0.05, 0.1) is 34.4 Å². The lowest BCUT2D eigenvalue weighted by Gasteiger charge is -2.14. The van der Waals surface area contributed by atoms with Crippen LogP contribution in [-0.4, -0.2) is 24.1 Å². The van der Waals surface area contributed by atoms with Gasteiger partial charge in [-0.1, -0.05) is 6.92 Å². The van der Waals surface area contributed by atoms with Crippen LogP contribution in [0, 0.1) is 23.3 Å². The number of sulfonamides is 1. The fourth-order valence-electron chi connectivity index (χ4n) is 3.26. The van der Waals surface area contributed by atoms with Crippen LogP contribution in [0.4, 0.5) is 46.1 Å². The van der Waals surface area contributed by atoms with E-state index in [9.17, 15) is 26.0 Å². The van der Waals surface area contributed by atoms with Crippen molar-refractivity contribution in [3.8, 4) is 0 Å². The summed E-state index contributed by atoms with van der Waals surface area (Å²) >= 11 is 0. The van der Waals surface area contributed by atoms with E-state index in [-0.39, 0.29) is 22.9 Å². The third kappa shape index (κ3) is 5.60. The van der Waals surface area contributed by atoms with Gasteiger partial charge in [-0.3, -0.25) is 9.71 Å². The quantitative estimate of drug-likeness (QED) is 0.261. The highest BCUT2D eigenvalue weighted by molar-refractivity contribution is 7.92. The minimum atomic E-state index is -3.79. The lowest BCUT2D eigenvalue weighted by atomic mass is 10.2. The van der Waals surface area contributed by atoms with Crippen LogP contribution in [0.2, 0.25) is 0 Å². The summed E-state index contributed by atoms with van der Waals surface area (Å²) in [6.07, 6.45) is 1.68. The highest BCUT2D eigenvalue weighted by atomic mass is 32.2. The molecule has 35 heavy (non-hydrogen) atoms. The van der Waals surface area contributed by atoms with E-state index in [0.717, 1.165) is 24.3 Å². The minimum absolute atomic E-state index is 0.0131. The van der Waals surface area contributed by atoms with Gasteiger partial charge in [0.25, 0.3) is 0 Å². The molecular formula is C23H19F4N5O2S. The van der Waals surface area contributed by atoms with Gasteiger partial charge in [0.1, 0.15) is 29.0 Å². The van der Waals surface area contributed by atoms with E-state index in [4.69, 9.17) is 0 Å². The molecule has 0 atom stereocenters. The largest absolute Gasteiger partial charge is 0.351 e. The van der Waals surface area contributed by atoms with Gasteiger partial charge in [-0.05, 0) is 48.9 Å². The van der Waals surface area contributed by atoms with Gasteiger partial charge in [0, 0.05) is 11.8 Å². The summed E-state index contributed by atoms with van der Waals surface area (Å²) in [4.78, 5) is 8.52. The van der Waals surface area contributed by atoms with E-state index < -0.39 is 44.7 Å². The lowest BCUT2D eigenvalue weighted by Crippen LogP contribution is -2.17. The Morgan fingerprint density at radius 1 is 0.857 bits per heavy atom. The van der Waals surface area contributed by atoms with Gasteiger partial charge in [-0.2, -0.15) is 0 Å². The average Bonchev–Trinajstić information content (AvgIpc) is 2.80. The molecule has 4 aromatic rings. The Morgan fingerprint density at radius 2 is 1.63 bits per heavy atom. The van der Waals surface area contributed by atoms with Crippen molar-refractivity contribution in [1.82, 2.24) is 9.97 Å². The smallest absolute Gasteiger partial charge is 0.232 e. The number of benzene rings is 3. The molecule has 1 aromatic heterocycles. The Labute approximate surface area is 198 Å². The van der Waals surface area contributed by atoms with Crippen LogP contribution in [0.5, 0.6) is 0 Å². The van der Waals surface area contributed by atoms with Gasteiger partial charge in [-0.15, -0.1) is 0 Å². The second-order valence-corrected chi connectivity index (χ2v) is 9.38. The average molecular weight is 505 g/mol. The SMILES string of the molecule is CCCS(=O)(=O)Nc1ccc(F)c(Nc2ccc3ncc(Nc4ccc(F)cc4F)nc3c2)c1F. The zero-order valence-corrected chi connectivity index (χ0v) is 19.1. The molecule has 1 heterocycles. The first-order valence-electron chi connectivity index (χ1n) is 10.4. The zero-order chi connectivity index (χ0) is 25.2. The number of nitrogens with zero attached hydrogens (tertiary/aromatic N) is 2. The van der Waals surface area contributed by atoms with Gasteiger partial charge >= 0.3 is 0 Å². The predicted octanol–water partition coefficient (Wildman–Crippen LogP) is 5.83. The van der Waals surface area contributed by atoms with E-state index in [0.29, 0.717) is 17.5 Å². The van der Waals surface area contributed by atoms with Crippen LogP contribution >= 0.6 is 0 Å². The Morgan fingerprint density at radius 3 is 2.37 bits per heavy atom. The van der Waals surface area contributed by atoms with Crippen molar-refractivity contribution in [3.63, 3.8) is 0 Å². The number of nitrogens with one attached hydrogen (secondary N) is 3. The standard InChI is InChI=1S/C23H19F4N5O2S/c1-2-9-35(33,34)32-19-8-5-15(25)23(22(19)27)29-14-4-7-18-20(11-14)31-21(12-28-18)30-17-6-3-13(24)10-16(17)26/h3-8,10-12,29,32H,2,9H2,1H3,(H,30,31). The third-order valence-electron chi connectivity index (χ3n) is 4.83. The number of halogens is 4. The molecule has 0 aliphatic rings. The highest BCUT2D eigenvalue weighted by Crippen LogP contribution is 2.30. The third-order valence-corrected chi connectivity index (χ3v) is 6.31. The maximum absolute atomic E-state index is 14.9. The van der Waals surface area contributed by atoms with Crippen molar-refractivity contribution in [1.29, 1.82) is 0 Å². The molecule has 0 amide bonds. The van der Waals surface area contributed by atoms with E-state index in [1.807, 2.05) is 0 Å². The van der Waals surface area contributed by atoms with Crippen LogP contribution < -0.4 is 15.4 Å². The molecule has 0 radical (unpaired) electrons. The van der Waals surface area contributed by atoms with Crippen molar-refractivity contribution < 1.29 is 26.0 Å². The number of hydrogen-bond acceptors (Lipinski definition) is 6. The number of anilines is 5. The first-order valence-corrected chi connectivity index (χ1v) is 12.0. The van der Waals surface area contributed by atoms with Crippen molar-refractivity contribution in [3.05, 3.63) is 78.0 Å². The normalized spacial score (nSPS) is 11.5. The summed E-state index contributed by atoms with van der Waals surface area (Å²) < 4.78 is 82.5. The van der Waals surface area contributed by atoms with Crippen molar-refractivity contribution in [2.45, 2.75) is 13.3 Å². The van der Waals surface area contributed by atoms with Crippen LogP contribution in [-0.2, 0) is 10.0 Å².